The lowest BCUT2D eigenvalue weighted by Crippen LogP contribution is -2.44. The first-order valence-electron chi connectivity index (χ1n) is 8.38. The normalized spacial score (nSPS) is 19.7. The highest BCUT2D eigenvalue weighted by Gasteiger charge is 2.20. The first-order chi connectivity index (χ1) is 10.6. The zero-order valence-electron chi connectivity index (χ0n) is 14.9. The smallest absolute Gasteiger partial charge is 0.224 e. The van der Waals surface area contributed by atoms with Gasteiger partial charge in [-0.25, -0.2) is 0 Å². The molecule has 7 heteroatoms. The van der Waals surface area contributed by atoms with Crippen molar-refractivity contribution < 1.29 is 9.53 Å². The summed E-state index contributed by atoms with van der Waals surface area (Å²) in [6.45, 7) is 10.00. The Bertz CT molecular complexity index is 366. The maximum absolute atomic E-state index is 12.2. The summed E-state index contributed by atoms with van der Waals surface area (Å²) in [5.74, 6) is 1.58. The van der Waals surface area contributed by atoms with Crippen LogP contribution in [0.3, 0.4) is 0 Å². The second-order valence-electron chi connectivity index (χ2n) is 6.10. The number of hydrogen-bond donors (Lipinski definition) is 2. The lowest BCUT2D eigenvalue weighted by molar-refractivity contribution is -0.132. The number of piperidine rings is 1. The van der Waals surface area contributed by atoms with Crippen molar-refractivity contribution in [2.75, 3.05) is 39.9 Å². The minimum Gasteiger partial charge on any atom is -0.383 e. The monoisotopic (exact) mass is 440 g/mol. The van der Waals surface area contributed by atoms with Gasteiger partial charge in [-0.1, -0.05) is 6.92 Å². The van der Waals surface area contributed by atoms with E-state index < -0.39 is 0 Å². The molecule has 23 heavy (non-hydrogen) atoms. The third-order valence-corrected chi connectivity index (χ3v) is 3.75. The Hall–Kier alpha value is -0.570. The first kappa shape index (κ1) is 22.4. The van der Waals surface area contributed by atoms with E-state index in [0.29, 0.717) is 25.5 Å². The van der Waals surface area contributed by atoms with E-state index in [-0.39, 0.29) is 35.9 Å². The molecule has 1 heterocycles. The quantitative estimate of drug-likeness (QED) is 0.360. The molecule has 1 saturated heterocycles. The molecule has 1 amide bonds. The number of rotatable bonds is 7. The van der Waals surface area contributed by atoms with Crippen molar-refractivity contribution in [2.24, 2.45) is 10.9 Å². The molecule has 0 aromatic rings. The molecular weight excluding hydrogens is 407 g/mol. The fourth-order valence-corrected chi connectivity index (χ4v) is 2.68. The number of hydrogen-bond acceptors (Lipinski definition) is 3. The number of amides is 1. The van der Waals surface area contributed by atoms with Gasteiger partial charge in [0.05, 0.1) is 13.2 Å². The van der Waals surface area contributed by atoms with E-state index in [0.717, 1.165) is 32.0 Å². The van der Waals surface area contributed by atoms with Crippen LogP contribution >= 0.6 is 24.0 Å². The summed E-state index contributed by atoms with van der Waals surface area (Å²) < 4.78 is 5.11. The minimum absolute atomic E-state index is 0. The van der Waals surface area contributed by atoms with E-state index >= 15 is 0 Å². The van der Waals surface area contributed by atoms with Crippen molar-refractivity contribution in [2.45, 2.75) is 46.1 Å². The molecule has 0 aromatic carbocycles. The number of ether oxygens (including phenoxy) is 1. The van der Waals surface area contributed by atoms with Gasteiger partial charge in [-0.2, -0.15) is 0 Å². The van der Waals surface area contributed by atoms with Crippen LogP contribution in [0.4, 0.5) is 0 Å². The highest BCUT2D eigenvalue weighted by molar-refractivity contribution is 14.0. The standard InChI is InChI=1S/C16H32N4O2.HI/c1-5-17-16(19-14(3)12-22-4)18-9-8-15(21)20-10-6-7-13(2)11-20;/h13-14H,5-12H2,1-4H3,(H2,17,18,19);1H. The van der Waals surface area contributed by atoms with Gasteiger partial charge >= 0.3 is 0 Å². The summed E-state index contributed by atoms with van der Waals surface area (Å²) in [7, 11) is 1.68. The number of guanidine groups is 1. The Morgan fingerprint density at radius 1 is 1.48 bits per heavy atom. The lowest BCUT2D eigenvalue weighted by Gasteiger charge is -2.30. The summed E-state index contributed by atoms with van der Waals surface area (Å²) in [4.78, 5) is 18.7. The Morgan fingerprint density at radius 2 is 2.22 bits per heavy atom. The number of aliphatic imine (C=N–C) groups is 1. The summed E-state index contributed by atoms with van der Waals surface area (Å²) in [6, 6.07) is 0.182. The van der Waals surface area contributed by atoms with E-state index in [1.165, 1.54) is 6.42 Å². The molecule has 1 aliphatic rings. The molecule has 1 rings (SSSR count). The van der Waals surface area contributed by atoms with Crippen LogP contribution in [0.5, 0.6) is 0 Å². The van der Waals surface area contributed by atoms with E-state index in [2.05, 4.69) is 22.5 Å². The number of nitrogens with one attached hydrogen (secondary N) is 2. The average molecular weight is 440 g/mol. The fourth-order valence-electron chi connectivity index (χ4n) is 2.68. The Balaban J connectivity index is 0.00000484. The van der Waals surface area contributed by atoms with Crippen LogP contribution in [0, 0.1) is 5.92 Å². The summed E-state index contributed by atoms with van der Waals surface area (Å²) in [5, 5.41) is 6.46. The number of halogens is 1. The molecule has 0 radical (unpaired) electrons. The molecular formula is C16H33IN4O2. The number of methoxy groups -OCH3 is 1. The van der Waals surface area contributed by atoms with Crippen LogP contribution < -0.4 is 10.6 Å². The van der Waals surface area contributed by atoms with Crippen molar-refractivity contribution in [3.8, 4) is 0 Å². The van der Waals surface area contributed by atoms with Gasteiger partial charge in [0, 0.05) is 39.2 Å². The summed E-state index contributed by atoms with van der Waals surface area (Å²) >= 11 is 0. The summed E-state index contributed by atoms with van der Waals surface area (Å²) in [5.41, 5.74) is 0. The van der Waals surface area contributed by atoms with Crippen molar-refractivity contribution in [3.63, 3.8) is 0 Å². The molecule has 0 spiro atoms. The van der Waals surface area contributed by atoms with Gasteiger partial charge in [0.15, 0.2) is 5.96 Å². The topological polar surface area (TPSA) is 66.0 Å². The first-order valence-corrected chi connectivity index (χ1v) is 8.38. The molecule has 136 valence electrons. The largest absolute Gasteiger partial charge is 0.383 e. The third kappa shape index (κ3) is 9.34. The predicted octanol–water partition coefficient (Wildman–Crippen LogP) is 1.84. The SMILES string of the molecule is CCNC(=NCCC(=O)N1CCCC(C)C1)NC(C)COC.I. The van der Waals surface area contributed by atoms with Gasteiger partial charge < -0.3 is 20.3 Å². The molecule has 0 aliphatic carbocycles. The average Bonchev–Trinajstić information content (AvgIpc) is 2.47. The maximum Gasteiger partial charge on any atom is 0.224 e. The van der Waals surface area contributed by atoms with Gasteiger partial charge in [0.25, 0.3) is 0 Å². The molecule has 0 saturated carbocycles. The number of carbonyl (C=O) groups is 1. The van der Waals surface area contributed by atoms with E-state index in [4.69, 9.17) is 4.74 Å². The van der Waals surface area contributed by atoms with E-state index in [1.54, 1.807) is 7.11 Å². The summed E-state index contributed by atoms with van der Waals surface area (Å²) in [6.07, 6.45) is 2.82. The van der Waals surface area contributed by atoms with Gasteiger partial charge in [0.1, 0.15) is 0 Å². The van der Waals surface area contributed by atoms with Gasteiger partial charge in [0.2, 0.25) is 5.91 Å². The van der Waals surface area contributed by atoms with Crippen molar-refractivity contribution in [1.29, 1.82) is 0 Å². The zero-order valence-corrected chi connectivity index (χ0v) is 17.3. The van der Waals surface area contributed by atoms with Crippen LogP contribution in [0.15, 0.2) is 4.99 Å². The Kier molecular flexibility index (Phi) is 12.5. The van der Waals surface area contributed by atoms with Gasteiger partial charge in [-0.05, 0) is 32.6 Å². The molecule has 1 fully saturated rings. The van der Waals surface area contributed by atoms with Gasteiger partial charge in [-0.15, -0.1) is 24.0 Å². The van der Waals surface area contributed by atoms with Crippen LogP contribution in [-0.4, -0.2) is 62.7 Å². The molecule has 2 unspecified atom stereocenters. The van der Waals surface area contributed by atoms with Crippen LogP contribution in [0.25, 0.3) is 0 Å². The highest BCUT2D eigenvalue weighted by Crippen LogP contribution is 2.15. The van der Waals surface area contributed by atoms with Crippen LogP contribution in [0.2, 0.25) is 0 Å². The molecule has 2 atom stereocenters. The van der Waals surface area contributed by atoms with Gasteiger partial charge in [-0.3, -0.25) is 9.79 Å². The maximum atomic E-state index is 12.2. The zero-order chi connectivity index (χ0) is 16.4. The minimum atomic E-state index is 0. The number of carbonyl (C=O) groups excluding carboxylic acids is 1. The fraction of sp³-hybridized carbons (Fsp3) is 0.875. The second kappa shape index (κ2) is 12.8. The van der Waals surface area contributed by atoms with E-state index in [9.17, 15) is 4.79 Å². The Labute approximate surface area is 157 Å². The lowest BCUT2D eigenvalue weighted by atomic mass is 10.00. The number of nitrogens with zero attached hydrogens (tertiary/aromatic N) is 2. The van der Waals surface area contributed by atoms with Crippen molar-refractivity contribution >= 4 is 35.8 Å². The van der Waals surface area contributed by atoms with Crippen molar-refractivity contribution in [3.05, 3.63) is 0 Å². The molecule has 0 aromatic heterocycles. The Morgan fingerprint density at radius 3 is 2.83 bits per heavy atom. The van der Waals surface area contributed by atoms with Crippen LogP contribution in [-0.2, 0) is 9.53 Å². The molecule has 2 N–H and O–H groups in total. The molecule has 1 aliphatic heterocycles. The third-order valence-electron chi connectivity index (χ3n) is 3.75. The second-order valence-corrected chi connectivity index (χ2v) is 6.10. The molecule has 6 nitrogen and oxygen atoms in total. The van der Waals surface area contributed by atoms with E-state index in [1.807, 2.05) is 18.7 Å². The number of likely N-dealkylation sites (tertiary alicyclic amines) is 1. The van der Waals surface area contributed by atoms with Crippen molar-refractivity contribution in [1.82, 2.24) is 15.5 Å². The van der Waals surface area contributed by atoms with Crippen LogP contribution in [0.1, 0.15) is 40.0 Å². The molecule has 0 bridgehead atoms. The highest BCUT2D eigenvalue weighted by atomic mass is 127. The predicted molar refractivity (Wildman–Crippen MR) is 105 cm³/mol.